The highest BCUT2D eigenvalue weighted by molar-refractivity contribution is 7.11. The van der Waals surface area contributed by atoms with E-state index in [-0.39, 0.29) is 0 Å². The molecule has 5 heteroatoms. The number of aromatic nitrogens is 1. The molecule has 1 aliphatic rings. The van der Waals surface area contributed by atoms with Gasteiger partial charge in [-0.2, -0.15) is 4.37 Å². The van der Waals surface area contributed by atoms with E-state index in [4.69, 9.17) is 10.5 Å². The average molecular weight is 269 g/mol. The number of nitrogens with zero attached hydrogens (tertiary/aromatic N) is 1. The lowest BCUT2D eigenvalue weighted by molar-refractivity contribution is 0.343. The van der Waals surface area contributed by atoms with E-state index in [0.717, 1.165) is 16.7 Å². The van der Waals surface area contributed by atoms with Crippen LogP contribution in [0.25, 0.3) is 0 Å². The molecule has 0 amide bonds. The maximum atomic E-state index is 5.82. The van der Waals surface area contributed by atoms with Gasteiger partial charge in [-0.05, 0) is 43.1 Å². The largest absolute Gasteiger partial charge is 0.487 e. The fraction of sp³-hybridized carbons (Fsp3) is 0.769. The van der Waals surface area contributed by atoms with E-state index in [0.29, 0.717) is 24.4 Å². The van der Waals surface area contributed by atoms with Crippen LogP contribution in [0.2, 0.25) is 0 Å². The molecule has 1 fully saturated rings. The number of rotatable bonds is 5. The second-order valence-corrected chi connectivity index (χ2v) is 5.79. The Bertz CT molecular complexity index is 394. The molecule has 1 heterocycles. The summed E-state index contributed by atoms with van der Waals surface area (Å²) in [6.07, 6.45) is 3.80. The van der Waals surface area contributed by atoms with Crippen molar-refractivity contribution < 1.29 is 4.74 Å². The maximum Gasteiger partial charge on any atom is 0.197 e. The molecular weight excluding hydrogens is 246 g/mol. The van der Waals surface area contributed by atoms with Crippen LogP contribution in [0, 0.1) is 11.8 Å². The van der Waals surface area contributed by atoms with Gasteiger partial charge < -0.3 is 15.8 Å². The van der Waals surface area contributed by atoms with E-state index < -0.39 is 0 Å². The third-order valence-corrected chi connectivity index (χ3v) is 4.80. The Labute approximate surface area is 113 Å². The molecule has 102 valence electrons. The van der Waals surface area contributed by atoms with Crippen molar-refractivity contribution in [3.63, 3.8) is 0 Å². The van der Waals surface area contributed by atoms with Gasteiger partial charge in [-0.15, -0.1) is 0 Å². The minimum atomic E-state index is 0.502. The second kappa shape index (κ2) is 5.78. The summed E-state index contributed by atoms with van der Waals surface area (Å²) in [4.78, 5) is 0. The van der Waals surface area contributed by atoms with Gasteiger partial charge >= 0.3 is 0 Å². The number of ether oxygens (including phenoxy) is 1. The first-order valence-electron chi connectivity index (χ1n) is 6.81. The first-order chi connectivity index (χ1) is 8.67. The minimum absolute atomic E-state index is 0.502. The average Bonchev–Trinajstić information content (AvgIpc) is 2.88. The van der Waals surface area contributed by atoms with Gasteiger partial charge in [0, 0.05) is 6.04 Å². The second-order valence-electron chi connectivity index (χ2n) is 5.01. The van der Waals surface area contributed by atoms with Gasteiger partial charge in [0.15, 0.2) is 16.6 Å². The Morgan fingerprint density at radius 2 is 2.22 bits per heavy atom. The summed E-state index contributed by atoms with van der Waals surface area (Å²) in [5, 5.41) is 4.57. The van der Waals surface area contributed by atoms with Crippen LogP contribution >= 0.6 is 11.5 Å². The Morgan fingerprint density at radius 3 is 2.83 bits per heavy atom. The Kier molecular flexibility index (Phi) is 4.32. The standard InChI is InChI=1S/C13H23N3OS/c1-4-9-6-7-10(8(9)3)15-13-11(17-5-2)12(14)16-18-13/h8-10,15H,4-7H2,1-3H3,(H2,14,16). The van der Waals surface area contributed by atoms with Crippen molar-refractivity contribution >= 4 is 22.4 Å². The van der Waals surface area contributed by atoms with Gasteiger partial charge in [0.05, 0.1) is 6.61 Å². The summed E-state index contributed by atoms with van der Waals surface area (Å²) >= 11 is 1.40. The zero-order valence-corrected chi connectivity index (χ0v) is 12.2. The van der Waals surface area contributed by atoms with Crippen LogP contribution in [-0.2, 0) is 0 Å². The van der Waals surface area contributed by atoms with Crippen LogP contribution in [-0.4, -0.2) is 17.0 Å². The minimum Gasteiger partial charge on any atom is -0.487 e. The fourth-order valence-corrected chi connectivity index (χ4v) is 3.59. The van der Waals surface area contributed by atoms with Crippen LogP contribution < -0.4 is 15.8 Å². The highest BCUT2D eigenvalue weighted by Crippen LogP contribution is 2.40. The topological polar surface area (TPSA) is 60.2 Å². The number of anilines is 2. The summed E-state index contributed by atoms with van der Waals surface area (Å²) in [6, 6.07) is 0.522. The molecule has 1 aromatic rings. The molecule has 3 atom stereocenters. The molecule has 3 unspecified atom stereocenters. The monoisotopic (exact) mass is 269 g/mol. The maximum absolute atomic E-state index is 5.82. The van der Waals surface area contributed by atoms with E-state index in [1.165, 1.54) is 30.8 Å². The van der Waals surface area contributed by atoms with Crippen LogP contribution in [0.15, 0.2) is 0 Å². The van der Waals surface area contributed by atoms with E-state index >= 15 is 0 Å². The van der Waals surface area contributed by atoms with Crippen molar-refractivity contribution in [3.05, 3.63) is 0 Å². The molecule has 0 aromatic carbocycles. The molecule has 0 spiro atoms. The highest BCUT2D eigenvalue weighted by Gasteiger charge is 2.32. The molecule has 1 aromatic heterocycles. The van der Waals surface area contributed by atoms with Gasteiger partial charge in [-0.25, -0.2) is 0 Å². The van der Waals surface area contributed by atoms with Crippen molar-refractivity contribution in [2.75, 3.05) is 17.7 Å². The lowest BCUT2D eigenvalue weighted by Gasteiger charge is -2.21. The molecular formula is C13H23N3OS. The van der Waals surface area contributed by atoms with Gasteiger partial charge in [-0.3, -0.25) is 0 Å². The van der Waals surface area contributed by atoms with Crippen LogP contribution in [0.1, 0.15) is 40.0 Å². The van der Waals surface area contributed by atoms with E-state index in [1.807, 2.05) is 6.92 Å². The third-order valence-electron chi connectivity index (χ3n) is 4.03. The first kappa shape index (κ1) is 13.5. The van der Waals surface area contributed by atoms with Gasteiger partial charge in [0.25, 0.3) is 0 Å². The van der Waals surface area contributed by atoms with Crippen molar-refractivity contribution in [1.82, 2.24) is 4.37 Å². The smallest absolute Gasteiger partial charge is 0.197 e. The molecule has 0 aliphatic heterocycles. The van der Waals surface area contributed by atoms with Crippen LogP contribution in [0.4, 0.5) is 10.8 Å². The molecule has 1 aliphatic carbocycles. The number of nitrogens with one attached hydrogen (secondary N) is 1. The molecule has 3 N–H and O–H groups in total. The number of nitrogen functional groups attached to an aromatic ring is 1. The highest BCUT2D eigenvalue weighted by atomic mass is 32.1. The van der Waals surface area contributed by atoms with Crippen molar-refractivity contribution in [2.24, 2.45) is 11.8 Å². The predicted octanol–water partition coefficient (Wildman–Crippen LogP) is 3.36. The molecule has 4 nitrogen and oxygen atoms in total. The van der Waals surface area contributed by atoms with Gasteiger partial charge in [-0.1, -0.05) is 20.3 Å². The molecule has 0 radical (unpaired) electrons. The predicted molar refractivity (Wildman–Crippen MR) is 77.3 cm³/mol. The quantitative estimate of drug-likeness (QED) is 0.860. The molecule has 0 saturated heterocycles. The first-order valence-corrected chi connectivity index (χ1v) is 7.59. The summed E-state index contributed by atoms with van der Waals surface area (Å²) in [6.45, 7) is 7.20. The Hall–Kier alpha value is -0.970. The normalized spacial score (nSPS) is 27.4. The van der Waals surface area contributed by atoms with E-state index in [9.17, 15) is 0 Å². The van der Waals surface area contributed by atoms with Crippen molar-refractivity contribution in [1.29, 1.82) is 0 Å². The summed E-state index contributed by atoms with van der Waals surface area (Å²) < 4.78 is 9.74. The lowest BCUT2D eigenvalue weighted by Crippen LogP contribution is -2.24. The van der Waals surface area contributed by atoms with Gasteiger partial charge in [0.1, 0.15) is 0 Å². The fourth-order valence-electron chi connectivity index (χ4n) is 2.87. The summed E-state index contributed by atoms with van der Waals surface area (Å²) in [5.41, 5.74) is 5.82. The van der Waals surface area contributed by atoms with Crippen LogP contribution in [0.3, 0.4) is 0 Å². The Morgan fingerprint density at radius 1 is 1.44 bits per heavy atom. The number of nitrogens with two attached hydrogens (primary N) is 1. The van der Waals surface area contributed by atoms with Crippen molar-refractivity contribution in [2.45, 2.75) is 46.1 Å². The van der Waals surface area contributed by atoms with Gasteiger partial charge in [0.2, 0.25) is 0 Å². The summed E-state index contributed by atoms with van der Waals surface area (Å²) in [7, 11) is 0. The lowest BCUT2D eigenvalue weighted by atomic mass is 9.93. The Balaban J connectivity index is 2.06. The SMILES string of the molecule is CCOc1c(N)nsc1NC1CCC(CC)C1C. The number of hydrogen-bond acceptors (Lipinski definition) is 5. The molecule has 18 heavy (non-hydrogen) atoms. The van der Waals surface area contributed by atoms with Crippen molar-refractivity contribution in [3.8, 4) is 5.75 Å². The van der Waals surface area contributed by atoms with Crippen LogP contribution in [0.5, 0.6) is 5.75 Å². The summed E-state index contributed by atoms with van der Waals surface area (Å²) in [5.74, 6) is 2.77. The van der Waals surface area contributed by atoms with E-state index in [1.54, 1.807) is 0 Å². The molecule has 0 bridgehead atoms. The molecule has 1 saturated carbocycles. The molecule has 2 rings (SSSR count). The number of hydrogen-bond donors (Lipinski definition) is 2. The zero-order chi connectivity index (χ0) is 13.1. The van der Waals surface area contributed by atoms with E-state index in [2.05, 4.69) is 23.5 Å². The third kappa shape index (κ3) is 2.55. The zero-order valence-electron chi connectivity index (χ0n) is 11.4.